The van der Waals surface area contributed by atoms with Gasteiger partial charge in [-0.3, -0.25) is 9.59 Å². The van der Waals surface area contributed by atoms with E-state index in [9.17, 15) is 23.2 Å². The third-order valence-corrected chi connectivity index (χ3v) is 5.82. The molecule has 3 atom stereocenters. The van der Waals surface area contributed by atoms with E-state index >= 15 is 0 Å². The number of hydrogen-bond acceptors (Lipinski definition) is 10. The van der Waals surface area contributed by atoms with Gasteiger partial charge in [-0.15, -0.1) is 0 Å². The molecule has 1 aromatic carbocycles. The number of carbonyl (C=O) groups is 3. The summed E-state index contributed by atoms with van der Waals surface area (Å²) in [5, 5.41) is 5.17. The normalized spacial score (nSPS) is 15.2. The predicted octanol–water partition coefficient (Wildman–Crippen LogP) is 4.14. The van der Waals surface area contributed by atoms with E-state index in [1.165, 1.54) is 25.1 Å². The van der Waals surface area contributed by atoms with Crippen molar-refractivity contribution in [3.05, 3.63) is 29.7 Å². The maximum absolute atomic E-state index is 13.0. The highest BCUT2D eigenvalue weighted by Gasteiger charge is 2.26. The number of esters is 1. The number of nitrogens with two attached hydrogens (primary N) is 1. The van der Waals surface area contributed by atoms with Crippen LogP contribution in [0.2, 0.25) is 0 Å². The minimum Gasteiger partial charge on any atom is -0.489 e. The summed E-state index contributed by atoms with van der Waals surface area (Å²) in [7, 11) is 0. The van der Waals surface area contributed by atoms with Crippen molar-refractivity contribution in [1.82, 2.24) is 15.6 Å². The maximum Gasteiger partial charge on any atom is 0.410 e. The number of nitrogens with one attached hydrogen (secondary N) is 2. The average Bonchev–Trinajstić information content (AvgIpc) is 3.60. The van der Waals surface area contributed by atoms with Crippen LogP contribution in [0.1, 0.15) is 69.8 Å². The van der Waals surface area contributed by atoms with Gasteiger partial charge < -0.3 is 39.7 Å². The molecule has 2 amide bonds. The zero-order valence-electron chi connectivity index (χ0n) is 23.6. The van der Waals surface area contributed by atoms with Gasteiger partial charge in [0, 0.05) is 25.1 Å². The minimum atomic E-state index is -3.03. The number of halogens is 2. The molecule has 1 unspecified atom stereocenters. The Morgan fingerprint density at radius 3 is 2.41 bits per heavy atom. The number of aromatic nitrogens is 1. The van der Waals surface area contributed by atoms with Crippen LogP contribution in [0.4, 0.5) is 13.6 Å². The average molecular weight is 583 g/mol. The molecule has 41 heavy (non-hydrogen) atoms. The summed E-state index contributed by atoms with van der Waals surface area (Å²) in [5.74, 6) is -1.04. The van der Waals surface area contributed by atoms with Gasteiger partial charge >= 0.3 is 18.7 Å². The van der Waals surface area contributed by atoms with E-state index in [4.69, 9.17) is 24.4 Å². The van der Waals surface area contributed by atoms with E-state index in [1.54, 1.807) is 27.7 Å². The molecule has 1 aromatic heterocycles. The fourth-order valence-corrected chi connectivity index (χ4v) is 3.46. The second kappa shape index (κ2) is 14.1. The molecule has 1 saturated carbocycles. The van der Waals surface area contributed by atoms with E-state index in [-0.39, 0.29) is 41.3 Å². The highest BCUT2D eigenvalue weighted by atomic mass is 19.3. The summed E-state index contributed by atoms with van der Waals surface area (Å²) in [4.78, 5) is 41.0. The van der Waals surface area contributed by atoms with Gasteiger partial charge in [-0.05, 0) is 50.8 Å². The number of nitrogens with zero attached hydrogens (tertiary/aromatic N) is 1. The second-order valence-electron chi connectivity index (χ2n) is 10.1. The van der Waals surface area contributed by atoms with E-state index < -0.39 is 43.0 Å². The van der Waals surface area contributed by atoms with Gasteiger partial charge in [0.05, 0.1) is 18.6 Å². The van der Waals surface area contributed by atoms with Gasteiger partial charge in [0.25, 0.3) is 5.91 Å². The Labute approximate surface area is 236 Å². The molecule has 0 spiro atoms. The Bertz CT molecular complexity index is 1220. The highest BCUT2D eigenvalue weighted by molar-refractivity contribution is 5.94. The molecular weight excluding hydrogens is 546 g/mol. The Balaban J connectivity index is 1.65. The number of carbonyl (C=O) groups excluding carboxylic acids is 3. The first-order chi connectivity index (χ1) is 19.3. The Hall–Kier alpha value is -3.94. The van der Waals surface area contributed by atoms with Gasteiger partial charge in [0.15, 0.2) is 23.0 Å². The Morgan fingerprint density at radius 2 is 1.80 bits per heavy atom. The van der Waals surface area contributed by atoms with Crippen molar-refractivity contribution < 1.29 is 46.5 Å². The summed E-state index contributed by atoms with van der Waals surface area (Å²) < 4.78 is 51.8. The third kappa shape index (κ3) is 9.59. The first-order valence-corrected chi connectivity index (χ1v) is 13.3. The maximum atomic E-state index is 13.0. The van der Waals surface area contributed by atoms with Gasteiger partial charge in [-0.1, -0.05) is 13.8 Å². The van der Waals surface area contributed by atoms with Gasteiger partial charge in [-0.2, -0.15) is 8.78 Å². The van der Waals surface area contributed by atoms with Crippen molar-refractivity contribution in [2.75, 3.05) is 13.2 Å². The van der Waals surface area contributed by atoms with Crippen molar-refractivity contribution in [3.63, 3.8) is 0 Å². The Morgan fingerprint density at radius 1 is 1.10 bits per heavy atom. The van der Waals surface area contributed by atoms with Crippen molar-refractivity contribution in [3.8, 4) is 23.0 Å². The van der Waals surface area contributed by atoms with E-state index in [1.807, 2.05) is 0 Å². The predicted molar refractivity (Wildman–Crippen MR) is 141 cm³/mol. The van der Waals surface area contributed by atoms with Crippen LogP contribution in [0.25, 0.3) is 11.5 Å². The lowest BCUT2D eigenvalue weighted by Crippen LogP contribution is -2.43. The fraction of sp³-hybridized carbons (Fsp3) is 0.556. The van der Waals surface area contributed by atoms with Crippen LogP contribution in [0.3, 0.4) is 0 Å². The Kier molecular flexibility index (Phi) is 10.9. The monoisotopic (exact) mass is 582 g/mol. The molecule has 1 heterocycles. The third-order valence-electron chi connectivity index (χ3n) is 5.82. The number of benzene rings is 1. The molecule has 0 saturated heterocycles. The van der Waals surface area contributed by atoms with Crippen LogP contribution >= 0.6 is 0 Å². The fourth-order valence-electron chi connectivity index (χ4n) is 3.46. The minimum absolute atomic E-state index is 0.00645. The zero-order chi connectivity index (χ0) is 30.3. The molecule has 12 nitrogen and oxygen atoms in total. The van der Waals surface area contributed by atoms with Crippen LogP contribution < -0.4 is 25.8 Å². The number of amides is 2. The van der Waals surface area contributed by atoms with Crippen LogP contribution in [-0.4, -0.2) is 55.0 Å². The number of alkyl carbamates (subject to hydrolysis) is 1. The van der Waals surface area contributed by atoms with Crippen molar-refractivity contribution in [2.24, 2.45) is 17.6 Å². The van der Waals surface area contributed by atoms with Crippen molar-refractivity contribution in [2.45, 2.75) is 72.4 Å². The summed E-state index contributed by atoms with van der Waals surface area (Å²) in [6, 6.07) is 2.95. The smallest absolute Gasteiger partial charge is 0.410 e. The first kappa shape index (κ1) is 31.6. The SMILES string of the molecule is CC(OC(=O)N[C@H](C)CNC(=O)c1nc(-c2ccc(OC(F)F)c(OCC3CC3)c2)oc1[C@H](C)N)OC(=O)C(C)C. The first-order valence-electron chi connectivity index (χ1n) is 13.3. The van der Waals surface area contributed by atoms with Crippen molar-refractivity contribution in [1.29, 1.82) is 0 Å². The summed E-state index contributed by atoms with van der Waals surface area (Å²) in [6.07, 6.45) is 0.0744. The zero-order valence-corrected chi connectivity index (χ0v) is 23.6. The summed E-state index contributed by atoms with van der Waals surface area (Å²) in [6.45, 7) is 5.26. The van der Waals surface area contributed by atoms with Gasteiger partial charge in [0.1, 0.15) is 0 Å². The molecular formula is C27H36F2N4O8. The highest BCUT2D eigenvalue weighted by Crippen LogP contribution is 2.37. The largest absolute Gasteiger partial charge is 0.489 e. The molecule has 0 aliphatic heterocycles. The number of ether oxygens (including phenoxy) is 4. The lowest BCUT2D eigenvalue weighted by Gasteiger charge is -2.18. The molecule has 14 heteroatoms. The van der Waals surface area contributed by atoms with Gasteiger partial charge in [-0.25, -0.2) is 9.78 Å². The van der Waals surface area contributed by atoms with E-state index in [0.29, 0.717) is 18.1 Å². The topological polar surface area (TPSA) is 164 Å². The molecule has 1 fully saturated rings. The van der Waals surface area contributed by atoms with E-state index in [2.05, 4.69) is 20.4 Å². The number of hydrogen-bond donors (Lipinski definition) is 3. The molecule has 4 N–H and O–H groups in total. The standard InChI is InChI=1S/C27H36F2N4O8/c1-13(2)25(35)38-16(5)39-27(36)32-14(3)11-31-23(34)21-22(15(4)30)41-24(33-21)18-8-9-19(40-26(28)29)20(10-18)37-12-17-6-7-17/h8-10,13-17,26H,6-7,11-12,30H2,1-5H3,(H,31,34)(H,32,36)/t14-,15+,16?/m1/s1. The second-order valence-corrected chi connectivity index (χ2v) is 10.1. The van der Waals surface area contributed by atoms with Crippen LogP contribution in [0.5, 0.6) is 11.5 Å². The van der Waals surface area contributed by atoms with Crippen molar-refractivity contribution >= 4 is 18.0 Å². The molecule has 0 radical (unpaired) electrons. The number of rotatable bonds is 14. The quantitative estimate of drug-likeness (QED) is 0.218. The molecule has 1 aliphatic carbocycles. The van der Waals surface area contributed by atoms with Crippen LogP contribution in [0, 0.1) is 11.8 Å². The van der Waals surface area contributed by atoms with E-state index in [0.717, 1.165) is 12.8 Å². The molecule has 0 bridgehead atoms. The van der Waals surface area contributed by atoms with Gasteiger partial charge in [0.2, 0.25) is 12.2 Å². The number of oxazole rings is 1. The molecule has 1 aliphatic rings. The molecule has 226 valence electrons. The molecule has 2 aromatic rings. The van der Waals surface area contributed by atoms with Crippen LogP contribution in [0.15, 0.2) is 22.6 Å². The number of alkyl halides is 2. The lowest BCUT2D eigenvalue weighted by atomic mass is 10.2. The lowest BCUT2D eigenvalue weighted by molar-refractivity contribution is -0.168. The molecule has 3 rings (SSSR count). The summed E-state index contributed by atoms with van der Waals surface area (Å²) >= 11 is 0. The van der Waals surface area contributed by atoms with Crippen LogP contribution in [-0.2, 0) is 14.3 Å². The summed E-state index contributed by atoms with van der Waals surface area (Å²) in [5.41, 5.74) is 6.30.